The zero-order valence-electron chi connectivity index (χ0n) is 10.6. The Labute approximate surface area is 98.2 Å². The first-order valence-corrected chi connectivity index (χ1v) is 5.75. The molecule has 0 radical (unpaired) electrons. The van der Waals surface area contributed by atoms with E-state index in [0.717, 1.165) is 19.4 Å². The van der Waals surface area contributed by atoms with Crippen LogP contribution in [0, 0.1) is 16.2 Å². The Morgan fingerprint density at radius 2 is 1.75 bits per heavy atom. The predicted molar refractivity (Wildman–Crippen MR) is 68.7 cm³/mol. The summed E-state index contributed by atoms with van der Waals surface area (Å²) >= 11 is 0. The van der Waals surface area contributed by atoms with Crippen molar-refractivity contribution in [2.75, 3.05) is 6.54 Å². The first-order valence-electron chi connectivity index (χ1n) is 5.75. The number of nitrogens with two attached hydrogens (primary N) is 1. The molecule has 0 aromatic carbocycles. The standard InChI is InChI=1S/C11H25N5/c1-11(2,3)7-5-4-6-8-15-10(14)16-9(12)13/h4-8H2,1-3H3,(H6,12,13,14,15,16). The molecule has 0 atom stereocenters. The average Bonchev–Trinajstić information content (AvgIpc) is 2.07. The van der Waals surface area contributed by atoms with Crippen molar-refractivity contribution in [1.82, 2.24) is 10.6 Å². The van der Waals surface area contributed by atoms with Crippen LogP contribution in [0.25, 0.3) is 0 Å². The van der Waals surface area contributed by atoms with Crippen molar-refractivity contribution in [1.29, 1.82) is 10.8 Å². The maximum atomic E-state index is 7.36. The highest BCUT2D eigenvalue weighted by Crippen LogP contribution is 2.21. The van der Waals surface area contributed by atoms with Gasteiger partial charge in [-0.3, -0.25) is 16.1 Å². The Morgan fingerprint density at radius 3 is 2.25 bits per heavy atom. The first kappa shape index (κ1) is 14.7. The quantitative estimate of drug-likeness (QED) is 0.280. The smallest absolute Gasteiger partial charge is 0.195 e. The molecule has 16 heavy (non-hydrogen) atoms. The summed E-state index contributed by atoms with van der Waals surface area (Å²) in [6.45, 7) is 7.50. The molecule has 0 aromatic heterocycles. The van der Waals surface area contributed by atoms with E-state index in [1.54, 1.807) is 0 Å². The van der Waals surface area contributed by atoms with Gasteiger partial charge in [-0.25, -0.2) is 0 Å². The van der Waals surface area contributed by atoms with Crippen LogP contribution in [0.4, 0.5) is 0 Å². The maximum absolute atomic E-state index is 7.36. The molecule has 0 fully saturated rings. The highest BCUT2D eigenvalue weighted by molar-refractivity contribution is 5.94. The van der Waals surface area contributed by atoms with Crippen LogP contribution in [0.5, 0.6) is 0 Å². The zero-order valence-corrected chi connectivity index (χ0v) is 10.6. The Hall–Kier alpha value is -1.26. The largest absolute Gasteiger partial charge is 0.370 e. The van der Waals surface area contributed by atoms with Crippen molar-refractivity contribution >= 4 is 11.9 Å². The molecule has 0 spiro atoms. The van der Waals surface area contributed by atoms with Crippen molar-refractivity contribution in [2.24, 2.45) is 11.1 Å². The lowest BCUT2D eigenvalue weighted by atomic mass is 9.89. The Balaban J connectivity index is 3.34. The van der Waals surface area contributed by atoms with Crippen molar-refractivity contribution in [2.45, 2.75) is 46.5 Å². The fourth-order valence-corrected chi connectivity index (χ4v) is 1.35. The van der Waals surface area contributed by atoms with Crippen LogP contribution in [0.2, 0.25) is 0 Å². The number of rotatable bonds is 5. The molecule has 94 valence electrons. The fraction of sp³-hybridized carbons (Fsp3) is 0.818. The first-order chi connectivity index (χ1) is 7.31. The minimum absolute atomic E-state index is 0.100. The number of nitrogens with one attached hydrogen (secondary N) is 4. The minimum atomic E-state index is -0.203. The van der Waals surface area contributed by atoms with Gasteiger partial charge in [0.05, 0.1) is 0 Å². The molecule has 5 nitrogen and oxygen atoms in total. The number of guanidine groups is 2. The van der Waals surface area contributed by atoms with Crippen molar-refractivity contribution in [3.05, 3.63) is 0 Å². The molecule has 0 bridgehead atoms. The van der Waals surface area contributed by atoms with Gasteiger partial charge in [-0.1, -0.05) is 33.6 Å². The molecule has 0 saturated carbocycles. The van der Waals surface area contributed by atoms with Gasteiger partial charge in [-0.2, -0.15) is 0 Å². The lowest BCUT2D eigenvalue weighted by molar-refractivity contribution is 0.358. The molecule has 0 aromatic rings. The fourth-order valence-electron chi connectivity index (χ4n) is 1.35. The number of hydrogen-bond acceptors (Lipinski definition) is 2. The van der Waals surface area contributed by atoms with Crippen LogP contribution in [0.1, 0.15) is 46.5 Å². The van der Waals surface area contributed by atoms with E-state index < -0.39 is 0 Å². The van der Waals surface area contributed by atoms with Crippen LogP contribution >= 0.6 is 0 Å². The van der Waals surface area contributed by atoms with Crippen LogP contribution < -0.4 is 16.4 Å². The van der Waals surface area contributed by atoms with Crippen molar-refractivity contribution in [3.63, 3.8) is 0 Å². The molecule has 0 rings (SSSR count). The molecule has 0 heterocycles. The highest BCUT2D eigenvalue weighted by atomic mass is 15.2. The van der Waals surface area contributed by atoms with Gasteiger partial charge in [-0.15, -0.1) is 0 Å². The van der Waals surface area contributed by atoms with Crippen molar-refractivity contribution in [3.8, 4) is 0 Å². The summed E-state index contributed by atoms with van der Waals surface area (Å²) in [5.74, 6) is -0.103. The van der Waals surface area contributed by atoms with E-state index in [1.807, 2.05) is 0 Å². The van der Waals surface area contributed by atoms with Gasteiger partial charge >= 0.3 is 0 Å². The summed E-state index contributed by atoms with van der Waals surface area (Å²) in [6.07, 6.45) is 4.66. The third-order valence-corrected chi connectivity index (χ3v) is 2.16. The van der Waals surface area contributed by atoms with Gasteiger partial charge < -0.3 is 11.1 Å². The molecule has 0 unspecified atom stereocenters. The second-order valence-electron chi connectivity index (χ2n) is 5.21. The van der Waals surface area contributed by atoms with Crippen molar-refractivity contribution < 1.29 is 0 Å². The zero-order chi connectivity index (χ0) is 12.6. The second kappa shape index (κ2) is 7.09. The van der Waals surface area contributed by atoms with Gasteiger partial charge in [0.1, 0.15) is 0 Å². The van der Waals surface area contributed by atoms with E-state index in [4.69, 9.17) is 16.6 Å². The minimum Gasteiger partial charge on any atom is -0.370 e. The predicted octanol–water partition coefficient (Wildman–Crippen LogP) is 1.60. The van der Waals surface area contributed by atoms with E-state index in [-0.39, 0.29) is 11.9 Å². The second-order valence-corrected chi connectivity index (χ2v) is 5.21. The summed E-state index contributed by atoms with van der Waals surface area (Å²) in [6, 6.07) is 0. The molecule has 0 aliphatic rings. The van der Waals surface area contributed by atoms with E-state index in [0.29, 0.717) is 5.41 Å². The molecule has 0 saturated heterocycles. The van der Waals surface area contributed by atoms with Crippen LogP contribution in [-0.4, -0.2) is 18.5 Å². The van der Waals surface area contributed by atoms with Gasteiger partial charge in [-0.05, 0) is 18.3 Å². The summed E-state index contributed by atoms with van der Waals surface area (Å²) < 4.78 is 0. The Kier molecular flexibility index (Phi) is 6.53. The summed E-state index contributed by atoms with van der Waals surface area (Å²) in [7, 11) is 0. The van der Waals surface area contributed by atoms with Gasteiger partial charge in [0, 0.05) is 6.54 Å². The highest BCUT2D eigenvalue weighted by Gasteiger charge is 2.08. The molecule has 0 aliphatic carbocycles. The van der Waals surface area contributed by atoms with E-state index >= 15 is 0 Å². The molecular weight excluding hydrogens is 202 g/mol. The van der Waals surface area contributed by atoms with Crippen LogP contribution in [0.3, 0.4) is 0 Å². The molecule has 6 N–H and O–H groups in total. The van der Waals surface area contributed by atoms with Crippen LogP contribution in [-0.2, 0) is 0 Å². The Morgan fingerprint density at radius 1 is 1.12 bits per heavy atom. The lowest BCUT2D eigenvalue weighted by Crippen LogP contribution is -2.43. The third-order valence-electron chi connectivity index (χ3n) is 2.16. The number of hydrogen-bond donors (Lipinski definition) is 5. The van der Waals surface area contributed by atoms with Crippen LogP contribution in [0.15, 0.2) is 0 Å². The topological polar surface area (TPSA) is 97.8 Å². The third kappa shape index (κ3) is 10.8. The van der Waals surface area contributed by atoms with Gasteiger partial charge in [0.2, 0.25) is 0 Å². The molecular formula is C11H25N5. The maximum Gasteiger partial charge on any atom is 0.195 e. The lowest BCUT2D eigenvalue weighted by Gasteiger charge is -2.17. The number of unbranched alkanes of at least 4 members (excludes halogenated alkanes) is 2. The summed E-state index contributed by atoms with van der Waals surface area (Å²) in [5.41, 5.74) is 5.50. The monoisotopic (exact) mass is 227 g/mol. The Bertz CT molecular complexity index is 229. The van der Waals surface area contributed by atoms with E-state index in [9.17, 15) is 0 Å². The van der Waals surface area contributed by atoms with E-state index in [2.05, 4.69) is 31.4 Å². The van der Waals surface area contributed by atoms with E-state index in [1.165, 1.54) is 12.8 Å². The normalized spacial score (nSPS) is 10.9. The SMILES string of the molecule is CC(C)(C)CCCCCNC(=N)NC(=N)N. The molecule has 0 amide bonds. The van der Waals surface area contributed by atoms with Gasteiger partial charge in [0.25, 0.3) is 0 Å². The average molecular weight is 227 g/mol. The summed E-state index contributed by atoms with van der Waals surface area (Å²) in [5, 5.41) is 19.5. The molecule has 0 aliphatic heterocycles. The molecule has 5 heteroatoms. The summed E-state index contributed by atoms with van der Waals surface area (Å²) in [4.78, 5) is 0. The van der Waals surface area contributed by atoms with Gasteiger partial charge in [0.15, 0.2) is 11.9 Å².